The van der Waals surface area contributed by atoms with Crippen molar-refractivity contribution in [2.45, 2.75) is 45.2 Å². The van der Waals surface area contributed by atoms with Gasteiger partial charge in [0.15, 0.2) is 0 Å². The number of rotatable bonds is 3. The number of fused-ring (bicyclic) bond motifs is 2. The fraction of sp³-hybridized carbons (Fsp3) is 0.400. The Labute approximate surface area is 141 Å². The highest BCUT2D eigenvalue weighted by Gasteiger charge is 2.28. The zero-order valence-corrected chi connectivity index (χ0v) is 14.0. The van der Waals surface area contributed by atoms with E-state index >= 15 is 0 Å². The molecule has 5 rings (SSSR count). The third-order valence-corrected chi connectivity index (χ3v) is 5.29. The number of aromatic nitrogens is 3. The lowest BCUT2D eigenvalue weighted by molar-refractivity contribution is 0.243. The molecule has 0 amide bonds. The molecule has 4 heteroatoms. The smallest absolute Gasteiger partial charge is 0.131 e. The molecule has 1 aliphatic carbocycles. The molecule has 0 atom stereocenters. The van der Waals surface area contributed by atoms with E-state index in [1.807, 2.05) is 0 Å². The van der Waals surface area contributed by atoms with E-state index in [1.54, 1.807) is 0 Å². The summed E-state index contributed by atoms with van der Waals surface area (Å²) in [7, 11) is 0. The van der Waals surface area contributed by atoms with Crippen LogP contribution in [0.4, 0.5) is 0 Å². The first-order valence-corrected chi connectivity index (χ1v) is 8.90. The average Bonchev–Trinajstić information content (AvgIpc) is 3.37. The maximum Gasteiger partial charge on any atom is 0.131 e. The van der Waals surface area contributed by atoms with Gasteiger partial charge < -0.3 is 4.98 Å². The van der Waals surface area contributed by atoms with E-state index in [-0.39, 0.29) is 0 Å². The van der Waals surface area contributed by atoms with E-state index in [0.717, 1.165) is 31.9 Å². The van der Waals surface area contributed by atoms with Gasteiger partial charge in [0.1, 0.15) is 5.82 Å². The predicted octanol–water partition coefficient (Wildman–Crippen LogP) is 3.70. The van der Waals surface area contributed by atoms with Gasteiger partial charge in [-0.1, -0.05) is 12.1 Å². The second-order valence-electron chi connectivity index (χ2n) is 7.30. The van der Waals surface area contributed by atoms with Gasteiger partial charge in [-0.25, -0.2) is 9.97 Å². The Kier molecular flexibility index (Phi) is 3.20. The number of nitrogens with one attached hydrogen (secondary N) is 1. The molecule has 3 heterocycles. The van der Waals surface area contributed by atoms with E-state index < -0.39 is 0 Å². The van der Waals surface area contributed by atoms with Crippen molar-refractivity contribution in [1.82, 2.24) is 19.9 Å². The van der Waals surface area contributed by atoms with Gasteiger partial charge in [-0.15, -0.1) is 0 Å². The molecular formula is C20H22N4. The molecular weight excluding hydrogens is 296 g/mol. The van der Waals surface area contributed by atoms with E-state index in [4.69, 9.17) is 4.98 Å². The van der Waals surface area contributed by atoms with Crippen molar-refractivity contribution < 1.29 is 0 Å². The van der Waals surface area contributed by atoms with Crippen LogP contribution in [-0.4, -0.2) is 26.4 Å². The Morgan fingerprint density at radius 3 is 3.08 bits per heavy atom. The number of benzene rings is 1. The van der Waals surface area contributed by atoms with Crippen molar-refractivity contribution in [3.8, 4) is 0 Å². The van der Waals surface area contributed by atoms with E-state index in [0.29, 0.717) is 5.92 Å². The summed E-state index contributed by atoms with van der Waals surface area (Å²) in [4.78, 5) is 15.3. The van der Waals surface area contributed by atoms with Crippen LogP contribution in [0.2, 0.25) is 0 Å². The Hall–Kier alpha value is -2.20. The van der Waals surface area contributed by atoms with Crippen molar-refractivity contribution >= 4 is 10.9 Å². The van der Waals surface area contributed by atoms with E-state index in [9.17, 15) is 0 Å². The van der Waals surface area contributed by atoms with Crippen LogP contribution in [0.3, 0.4) is 0 Å². The zero-order chi connectivity index (χ0) is 16.1. The zero-order valence-electron chi connectivity index (χ0n) is 14.0. The third kappa shape index (κ3) is 2.51. The normalized spacial score (nSPS) is 18.0. The number of hydrogen-bond acceptors (Lipinski definition) is 3. The van der Waals surface area contributed by atoms with Crippen LogP contribution >= 0.6 is 0 Å². The lowest BCUT2D eigenvalue weighted by Crippen LogP contribution is -2.31. The number of aryl methyl sites for hydroxylation is 1. The van der Waals surface area contributed by atoms with Crippen LogP contribution in [0.5, 0.6) is 0 Å². The largest absolute Gasteiger partial charge is 0.361 e. The first-order chi connectivity index (χ1) is 11.8. The predicted molar refractivity (Wildman–Crippen MR) is 94.9 cm³/mol. The minimum Gasteiger partial charge on any atom is -0.361 e. The fourth-order valence-electron chi connectivity index (χ4n) is 3.74. The summed E-state index contributed by atoms with van der Waals surface area (Å²) < 4.78 is 0. The molecule has 0 bridgehead atoms. The summed E-state index contributed by atoms with van der Waals surface area (Å²) >= 11 is 0. The summed E-state index contributed by atoms with van der Waals surface area (Å²) in [5.41, 5.74) is 6.49. The molecule has 1 N–H and O–H groups in total. The van der Waals surface area contributed by atoms with Gasteiger partial charge >= 0.3 is 0 Å². The average molecular weight is 318 g/mol. The highest BCUT2D eigenvalue weighted by Crippen LogP contribution is 2.38. The number of nitrogens with zero attached hydrogens (tertiary/aromatic N) is 3. The lowest BCUT2D eigenvalue weighted by atomic mass is 10.1. The van der Waals surface area contributed by atoms with E-state index in [1.165, 1.54) is 46.1 Å². The molecule has 1 aromatic carbocycles. The fourth-order valence-corrected chi connectivity index (χ4v) is 3.74. The molecule has 0 saturated heterocycles. The van der Waals surface area contributed by atoms with Gasteiger partial charge in [0.2, 0.25) is 0 Å². The SMILES string of the molecule is Cc1ccc2c(CN3CCc4nc(C5CC5)ncc4C3)c[nH]c2c1. The molecule has 3 aromatic rings. The second-order valence-corrected chi connectivity index (χ2v) is 7.30. The minimum atomic E-state index is 0.642. The third-order valence-electron chi connectivity index (χ3n) is 5.29. The maximum atomic E-state index is 4.82. The van der Waals surface area contributed by atoms with Gasteiger partial charge in [-0.05, 0) is 37.0 Å². The summed E-state index contributed by atoms with van der Waals surface area (Å²) in [5, 5.41) is 1.34. The molecule has 122 valence electrons. The Bertz CT molecular complexity index is 907. The molecule has 2 aliphatic rings. The summed E-state index contributed by atoms with van der Waals surface area (Å²) in [5.74, 6) is 1.72. The molecule has 1 saturated carbocycles. The topological polar surface area (TPSA) is 44.8 Å². The molecule has 2 aromatic heterocycles. The first-order valence-electron chi connectivity index (χ1n) is 8.90. The first kappa shape index (κ1) is 14.2. The van der Waals surface area contributed by atoms with Gasteiger partial charge in [-0.3, -0.25) is 4.90 Å². The Morgan fingerprint density at radius 1 is 1.29 bits per heavy atom. The Morgan fingerprint density at radius 2 is 2.21 bits per heavy atom. The number of aromatic amines is 1. The summed E-state index contributed by atoms with van der Waals surface area (Å²) in [6, 6.07) is 6.65. The Balaban J connectivity index is 1.36. The summed E-state index contributed by atoms with van der Waals surface area (Å²) in [6.45, 7) is 5.15. The molecule has 0 spiro atoms. The van der Waals surface area contributed by atoms with Crippen molar-refractivity contribution in [2.75, 3.05) is 6.54 Å². The van der Waals surface area contributed by atoms with Crippen LogP contribution in [0, 0.1) is 6.92 Å². The minimum absolute atomic E-state index is 0.642. The van der Waals surface area contributed by atoms with Crippen LogP contribution in [-0.2, 0) is 19.5 Å². The molecule has 0 unspecified atom stereocenters. The van der Waals surface area contributed by atoms with Crippen LogP contribution in [0.25, 0.3) is 10.9 Å². The van der Waals surface area contributed by atoms with Crippen LogP contribution in [0.1, 0.15) is 47.0 Å². The van der Waals surface area contributed by atoms with E-state index in [2.05, 4.69) is 52.4 Å². The van der Waals surface area contributed by atoms with Crippen molar-refractivity contribution in [1.29, 1.82) is 0 Å². The van der Waals surface area contributed by atoms with Crippen LogP contribution < -0.4 is 0 Å². The quantitative estimate of drug-likeness (QED) is 0.801. The molecule has 1 aliphatic heterocycles. The second kappa shape index (κ2) is 5.42. The molecule has 4 nitrogen and oxygen atoms in total. The van der Waals surface area contributed by atoms with Crippen molar-refractivity contribution in [2.24, 2.45) is 0 Å². The number of hydrogen-bond donors (Lipinski definition) is 1. The van der Waals surface area contributed by atoms with Crippen molar-refractivity contribution in [3.63, 3.8) is 0 Å². The standard InChI is InChI=1S/C20H22N4/c1-13-2-5-17-15(9-21-19(17)8-13)11-24-7-6-18-16(12-24)10-22-20(23-18)14-3-4-14/h2,5,8-10,14,21H,3-4,6-7,11-12H2,1H3. The highest BCUT2D eigenvalue weighted by molar-refractivity contribution is 5.83. The van der Waals surface area contributed by atoms with Crippen LogP contribution in [0.15, 0.2) is 30.6 Å². The van der Waals surface area contributed by atoms with Gasteiger partial charge in [0, 0.05) is 66.5 Å². The monoisotopic (exact) mass is 318 g/mol. The molecule has 0 radical (unpaired) electrons. The van der Waals surface area contributed by atoms with Crippen molar-refractivity contribution in [3.05, 3.63) is 58.8 Å². The summed E-state index contributed by atoms with van der Waals surface area (Å²) in [6.07, 6.45) is 7.81. The van der Waals surface area contributed by atoms with Gasteiger partial charge in [0.05, 0.1) is 0 Å². The van der Waals surface area contributed by atoms with Gasteiger partial charge in [-0.2, -0.15) is 0 Å². The maximum absolute atomic E-state index is 4.82. The lowest BCUT2D eigenvalue weighted by Gasteiger charge is -2.27. The molecule has 1 fully saturated rings. The molecule has 24 heavy (non-hydrogen) atoms. The highest BCUT2D eigenvalue weighted by atomic mass is 15.1. The number of H-pyrrole nitrogens is 1. The van der Waals surface area contributed by atoms with Gasteiger partial charge in [0.25, 0.3) is 0 Å².